The Morgan fingerprint density at radius 2 is 2.05 bits per heavy atom. The van der Waals surface area contributed by atoms with Crippen LogP contribution in [0.5, 0.6) is 0 Å². The monoisotopic (exact) mass is 265 g/mol. The molecule has 2 rings (SSSR count). The fourth-order valence-corrected chi connectivity index (χ4v) is 3.20. The van der Waals surface area contributed by atoms with E-state index in [9.17, 15) is 9.50 Å². The van der Waals surface area contributed by atoms with E-state index in [1.54, 1.807) is 12.1 Å². The molecule has 0 amide bonds. The van der Waals surface area contributed by atoms with Gasteiger partial charge in [0.1, 0.15) is 5.82 Å². The molecule has 1 aliphatic rings. The molecule has 106 valence electrons. The van der Waals surface area contributed by atoms with Crippen molar-refractivity contribution in [3.05, 3.63) is 35.6 Å². The molecule has 0 heterocycles. The summed E-state index contributed by atoms with van der Waals surface area (Å²) in [5.74, 6) is 0.0287. The van der Waals surface area contributed by atoms with Crippen molar-refractivity contribution in [2.24, 2.45) is 5.92 Å². The van der Waals surface area contributed by atoms with Crippen molar-refractivity contribution in [1.82, 2.24) is 4.90 Å². The SMILES string of the molecule is CN(C)CC1CCCCC1(O)Cc1ccccc1F. The van der Waals surface area contributed by atoms with Gasteiger partial charge in [-0.3, -0.25) is 0 Å². The van der Waals surface area contributed by atoms with E-state index in [-0.39, 0.29) is 11.7 Å². The predicted molar refractivity (Wildman–Crippen MR) is 75.6 cm³/mol. The van der Waals surface area contributed by atoms with Gasteiger partial charge in [0, 0.05) is 18.9 Å². The van der Waals surface area contributed by atoms with E-state index in [1.807, 2.05) is 20.2 Å². The molecule has 1 fully saturated rings. The van der Waals surface area contributed by atoms with E-state index in [4.69, 9.17) is 0 Å². The van der Waals surface area contributed by atoms with Gasteiger partial charge in [-0.15, -0.1) is 0 Å². The van der Waals surface area contributed by atoms with Crippen molar-refractivity contribution < 1.29 is 9.50 Å². The Morgan fingerprint density at radius 3 is 2.74 bits per heavy atom. The standard InChI is InChI=1S/C16H24FNO/c1-18(2)12-14-8-5-6-10-16(14,19)11-13-7-3-4-9-15(13)17/h3-4,7,9,14,19H,5-6,8,10-12H2,1-2H3. The zero-order chi connectivity index (χ0) is 13.9. The van der Waals surface area contributed by atoms with Gasteiger partial charge in [0.05, 0.1) is 5.60 Å². The van der Waals surface area contributed by atoms with Gasteiger partial charge in [0.2, 0.25) is 0 Å². The Balaban J connectivity index is 2.16. The normalized spacial score (nSPS) is 27.7. The molecule has 2 nitrogen and oxygen atoms in total. The van der Waals surface area contributed by atoms with Crippen LogP contribution in [0.3, 0.4) is 0 Å². The molecule has 19 heavy (non-hydrogen) atoms. The first-order valence-corrected chi connectivity index (χ1v) is 7.12. The summed E-state index contributed by atoms with van der Waals surface area (Å²) >= 11 is 0. The number of hydrogen-bond donors (Lipinski definition) is 1. The highest BCUT2D eigenvalue weighted by Gasteiger charge is 2.39. The maximum Gasteiger partial charge on any atom is 0.126 e. The molecule has 1 aromatic rings. The molecule has 1 aromatic carbocycles. The first-order valence-electron chi connectivity index (χ1n) is 7.12. The first-order chi connectivity index (χ1) is 9.01. The largest absolute Gasteiger partial charge is 0.389 e. The topological polar surface area (TPSA) is 23.5 Å². The van der Waals surface area contributed by atoms with E-state index >= 15 is 0 Å². The minimum absolute atomic E-state index is 0.204. The molecule has 2 unspecified atom stereocenters. The number of hydrogen-bond acceptors (Lipinski definition) is 2. The van der Waals surface area contributed by atoms with Gasteiger partial charge >= 0.3 is 0 Å². The summed E-state index contributed by atoms with van der Waals surface area (Å²) in [6.07, 6.45) is 4.44. The quantitative estimate of drug-likeness (QED) is 0.905. The maximum atomic E-state index is 13.8. The molecule has 0 aliphatic heterocycles. The smallest absolute Gasteiger partial charge is 0.126 e. The lowest BCUT2D eigenvalue weighted by atomic mass is 9.72. The summed E-state index contributed by atoms with van der Waals surface area (Å²) in [7, 11) is 4.05. The number of rotatable bonds is 4. The van der Waals surface area contributed by atoms with E-state index in [1.165, 1.54) is 6.07 Å². The zero-order valence-corrected chi connectivity index (χ0v) is 11.9. The number of halogens is 1. The maximum absolute atomic E-state index is 13.8. The summed E-state index contributed by atoms with van der Waals surface area (Å²) in [6.45, 7) is 0.866. The van der Waals surface area contributed by atoms with Crippen molar-refractivity contribution in [2.75, 3.05) is 20.6 Å². The Hall–Kier alpha value is -0.930. The second-order valence-electron chi connectivity index (χ2n) is 6.08. The van der Waals surface area contributed by atoms with Crippen LogP contribution in [-0.2, 0) is 6.42 Å². The molecular formula is C16H24FNO. The van der Waals surface area contributed by atoms with Crippen molar-refractivity contribution in [3.8, 4) is 0 Å². The number of nitrogens with zero attached hydrogens (tertiary/aromatic N) is 1. The minimum Gasteiger partial charge on any atom is -0.389 e. The van der Waals surface area contributed by atoms with E-state index in [0.717, 1.165) is 32.2 Å². The number of aliphatic hydroxyl groups is 1. The van der Waals surface area contributed by atoms with Gasteiger partial charge in [0.25, 0.3) is 0 Å². The molecule has 0 radical (unpaired) electrons. The van der Waals surface area contributed by atoms with Gasteiger partial charge < -0.3 is 10.0 Å². The van der Waals surface area contributed by atoms with Gasteiger partial charge in [-0.2, -0.15) is 0 Å². The highest BCUT2D eigenvalue weighted by atomic mass is 19.1. The van der Waals surface area contributed by atoms with Crippen LogP contribution in [0.25, 0.3) is 0 Å². The van der Waals surface area contributed by atoms with Crippen LogP contribution in [0, 0.1) is 11.7 Å². The summed E-state index contributed by atoms with van der Waals surface area (Å²) in [6, 6.07) is 6.80. The molecule has 0 saturated heterocycles. The molecule has 2 atom stereocenters. The third-order valence-corrected chi connectivity index (χ3v) is 4.21. The van der Waals surface area contributed by atoms with Crippen LogP contribution in [0.2, 0.25) is 0 Å². The second kappa shape index (κ2) is 6.02. The summed E-state index contributed by atoms with van der Waals surface area (Å²) in [5.41, 5.74) is -0.124. The molecular weight excluding hydrogens is 241 g/mol. The van der Waals surface area contributed by atoms with Crippen molar-refractivity contribution in [2.45, 2.75) is 37.7 Å². The van der Waals surface area contributed by atoms with E-state index in [2.05, 4.69) is 4.90 Å². The lowest BCUT2D eigenvalue weighted by molar-refractivity contribution is -0.0557. The Morgan fingerprint density at radius 1 is 1.32 bits per heavy atom. The lowest BCUT2D eigenvalue weighted by Crippen LogP contribution is -2.47. The van der Waals surface area contributed by atoms with Crippen molar-refractivity contribution >= 4 is 0 Å². The molecule has 0 spiro atoms. The average Bonchev–Trinajstić information content (AvgIpc) is 2.35. The Bertz CT molecular complexity index is 421. The second-order valence-corrected chi connectivity index (χ2v) is 6.08. The summed E-state index contributed by atoms with van der Waals surface area (Å²) in [4.78, 5) is 2.11. The first kappa shape index (κ1) is 14.5. The third-order valence-electron chi connectivity index (χ3n) is 4.21. The molecule has 1 aliphatic carbocycles. The van der Waals surface area contributed by atoms with Crippen molar-refractivity contribution in [1.29, 1.82) is 0 Å². The van der Waals surface area contributed by atoms with Gasteiger partial charge in [-0.05, 0) is 38.6 Å². The van der Waals surface area contributed by atoms with Gasteiger partial charge in [0.15, 0.2) is 0 Å². The summed E-state index contributed by atoms with van der Waals surface area (Å²) < 4.78 is 13.8. The van der Waals surface area contributed by atoms with Crippen LogP contribution >= 0.6 is 0 Å². The minimum atomic E-state index is -0.759. The average molecular weight is 265 g/mol. The Labute approximate surface area is 115 Å². The third kappa shape index (κ3) is 3.54. The predicted octanol–water partition coefficient (Wildman–Crippen LogP) is 2.85. The van der Waals surface area contributed by atoms with Crippen LogP contribution < -0.4 is 0 Å². The van der Waals surface area contributed by atoms with Gasteiger partial charge in [-0.25, -0.2) is 4.39 Å². The molecule has 0 aromatic heterocycles. The number of benzene rings is 1. The Kier molecular flexibility index (Phi) is 4.58. The highest BCUT2D eigenvalue weighted by Crippen LogP contribution is 2.37. The molecule has 1 saturated carbocycles. The molecule has 3 heteroatoms. The molecule has 0 bridgehead atoms. The van der Waals surface area contributed by atoms with Crippen LogP contribution in [0.1, 0.15) is 31.2 Å². The fourth-order valence-electron chi connectivity index (χ4n) is 3.20. The van der Waals surface area contributed by atoms with E-state index < -0.39 is 5.60 Å². The highest BCUT2D eigenvalue weighted by molar-refractivity contribution is 5.20. The fraction of sp³-hybridized carbons (Fsp3) is 0.625. The summed E-state index contributed by atoms with van der Waals surface area (Å²) in [5, 5.41) is 11.0. The molecule has 1 N–H and O–H groups in total. The van der Waals surface area contributed by atoms with Crippen LogP contribution in [0.15, 0.2) is 24.3 Å². The van der Waals surface area contributed by atoms with Gasteiger partial charge in [-0.1, -0.05) is 31.0 Å². The van der Waals surface area contributed by atoms with Crippen LogP contribution in [0.4, 0.5) is 4.39 Å². The van der Waals surface area contributed by atoms with E-state index in [0.29, 0.717) is 12.0 Å². The van der Waals surface area contributed by atoms with Crippen LogP contribution in [-0.4, -0.2) is 36.2 Å². The lowest BCUT2D eigenvalue weighted by Gasteiger charge is -2.41. The zero-order valence-electron chi connectivity index (χ0n) is 11.9. The van der Waals surface area contributed by atoms with Crippen molar-refractivity contribution in [3.63, 3.8) is 0 Å².